The van der Waals surface area contributed by atoms with Crippen LogP contribution >= 0.6 is 11.6 Å². The molecule has 0 N–H and O–H groups in total. The number of benzene rings is 2. The number of nitrogens with zero attached hydrogens (tertiary/aromatic N) is 3. The van der Waals surface area contributed by atoms with E-state index in [-0.39, 0.29) is 11.9 Å². The first-order valence-electron chi connectivity index (χ1n) is 9.66. The van der Waals surface area contributed by atoms with E-state index in [2.05, 4.69) is 10.1 Å². The van der Waals surface area contributed by atoms with Gasteiger partial charge in [0, 0.05) is 23.6 Å². The van der Waals surface area contributed by atoms with E-state index < -0.39 is 0 Å². The molecule has 3 aromatic rings. The molecular weight excluding hydrogens is 390 g/mol. The molecule has 2 aromatic carbocycles. The third-order valence-corrected chi connectivity index (χ3v) is 5.38. The molecule has 0 unspecified atom stereocenters. The predicted octanol–water partition coefficient (Wildman–Crippen LogP) is 4.69. The van der Waals surface area contributed by atoms with E-state index in [0.717, 1.165) is 29.7 Å². The van der Waals surface area contributed by atoms with Gasteiger partial charge in [-0.1, -0.05) is 41.0 Å². The van der Waals surface area contributed by atoms with Crippen LogP contribution in [0, 0.1) is 0 Å². The molecule has 0 radical (unpaired) electrons. The zero-order chi connectivity index (χ0) is 20.2. The quantitative estimate of drug-likeness (QED) is 0.588. The van der Waals surface area contributed by atoms with Crippen LogP contribution in [-0.4, -0.2) is 34.6 Å². The molecule has 0 aliphatic carbocycles. The summed E-state index contributed by atoms with van der Waals surface area (Å²) >= 11 is 6.05. The van der Waals surface area contributed by atoms with Crippen molar-refractivity contribution < 1.29 is 14.1 Å². The summed E-state index contributed by atoms with van der Waals surface area (Å²) in [4.78, 5) is 19.3. The number of ether oxygens (including phenoxy) is 1. The Labute approximate surface area is 174 Å². The zero-order valence-corrected chi connectivity index (χ0v) is 16.9. The Kier molecular flexibility index (Phi) is 5.81. The van der Waals surface area contributed by atoms with Crippen LogP contribution in [0.25, 0.3) is 11.4 Å². The van der Waals surface area contributed by atoms with Crippen molar-refractivity contribution in [1.29, 1.82) is 0 Å². The molecule has 0 saturated carbocycles. The second-order valence-corrected chi connectivity index (χ2v) is 7.50. The fourth-order valence-electron chi connectivity index (χ4n) is 3.66. The lowest BCUT2D eigenvalue weighted by molar-refractivity contribution is -0.132. The number of carbonyl (C=O) groups excluding carboxylic acids is 1. The van der Waals surface area contributed by atoms with Gasteiger partial charge in [-0.15, -0.1) is 0 Å². The summed E-state index contributed by atoms with van der Waals surface area (Å²) in [5.41, 5.74) is 1.87. The minimum Gasteiger partial charge on any atom is -0.497 e. The van der Waals surface area contributed by atoms with Crippen molar-refractivity contribution in [3.05, 3.63) is 65.0 Å². The smallest absolute Gasteiger partial charge is 0.249 e. The first-order valence-corrected chi connectivity index (χ1v) is 10.0. The highest BCUT2D eigenvalue weighted by Crippen LogP contribution is 2.33. The van der Waals surface area contributed by atoms with Crippen LogP contribution in [0.5, 0.6) is 5.75 Å². The molecule has 1 fully saturated rings. The number of aryl methyl sites for hydroxylation is 1. The Balaban J connectivity index is 1.44. The second kappa shape index (κ2) is 8.66. The summed E-state index contributed by atoms with van der Waals surface area (Å²) in [7, 11) is 1.64. The SMILES string of the molecule is COc1cccc(CCC(=O)N2CCC[C@@H]2c2nc(-c3cccc(Cl)c3)no2)c1. The standard InChI is InChI=1S/C22H22ClN3O3/c1-28-18-8-2-5-15(13-18)10-11-20(27)26-12-4-9-19(26)22-24-21(25-29-22)16-6-3-7-17(23)14-16/h2-3,5-8,13-14,19H,4,9-12H2,1H3/t19-/m1/s1. The van der Waals surface area contributed by atoms with E-state index in [1.54, 1.807) is 19.2 Å². The number of likely N-dealkylation sites (tertiary alicyclic amines) is 1. The number of rotatable bonds is 6. The molecule has 1 aliphatic rings. The Morgan fingerprint density at radius 3 is 2.97 bits per heavy atom. The van der Waals surface area contributed by atoms with Gasteiger partial charge < -0.3 is 14.2 Å². The van der Waals surface area contributed by atoms with E-state index in [9.17, 15) is 4.79 Å². The maximum atomic E-state index is 12.9. The molecule has 2 heterocycles. The first kappa shape index (κ1) is 19.5. The summed E-state index contributed by atoms with van der Waals surface area (Å²) < 4.78 is 10.8. The van der Waals surface area contributed by atoms with Gasteiger partial charge in [0.05, 0.1) is 7.11 Å². The zero-order valence-electron chi connectivity index (χ0n) is 16.2. The van der Waals surface area contributed by atoms with E-state index in [4.69, 9.17) is 20.9 Å². The number of aromatic nitrogens is 2. The number of methoxy groups -OCH3 is 1. The number of amides is 1. The van der Waals surface area contributed by atoms with Crippen molar-refractivity contribution in [2.75, 3.05) is 13.7 Å². The van der Waals surface area contributed by atoms with E-state index in [0.29, 0.717) is 36.1 Å². The minimum atomic E-state index is -0.173. The van der Waals surface area contributed by atoms with Gasteiger partial charge in [0.1, 0.15) is 11.8 Å². The summed E-state index contributed by atoms with van der Waals surface area (Å²) in [6, 6.07) is 14.9. The molecule has 1 atom stereocenters. The molecular formula is C22H22ClN3O3. The third-order valence-electron chi connectivity index (χ3n) is 5.14. The van der Waals surface area contributed by atoms with E-state index in [1.165, 1.54) is 0 Å². The van der Waals surface area contributed by atoms with Gasteiger partial charge in [-0.2, -0.15) is 4.98 Å². The van der Waals surface area contributed by atoms with Crippen molar-refractivity contribution in [3.63, 3.8) is 0 Å². The van der Waals surface area contributed by atoms with Crippen molar-refractivity contribution in [3.8, 4) is 17.1 Å². The number of halogens is 1. The Hall–Kier alpha value is -2.86. The third kappa shape index (κ3) is 4.43. The number of hydrogen-bond donors (Lipinski definition) is 0. The summed E-state index contributed by atoms with van der Waals surface area (Å²) in [5.74, 6) is 1.86. The molecule has 7 heteroatoms. The molecule has 1 saturated heterocycles. The Morgan fingerprint density at radius 2 is 2.14 bits per heavy atom. The van der Waals surface area contributed by atoms with Crippen LogP contribution < -0.4 is 4.74 Å². The van der Waals surface area contributed by atoms with Crippen molar-refractivity contribution in [2.24, 2.45) is 0 Å². The lowest BCUT2D eigenvalue weighted by Crippen LogP contribution is -2.30. The second-order valence-electron chi connectivity index (χ2n) is 7.06. The molecule has 1 amide bonds. The molecule has 1 aromatic heterocycles. The van der Waals surface area contributed by atoms with Gasteiger partial charge in [0.25, 0.3) is 0 Å². The van der Waals surface area contributed by atoms with E-state index >= 15 is 0 Å². The maximum Gasteiger partial charge on any atom is 0.249 e. The van der Waals surface area contributed by atoms with Crippen LogP contribution in [0.2, 0.25) is 5.02 Å². The summed E-state index contributed by atoms with van der Waals surface area (Å²) in [5, 5.41) is 4.70. The highest BCUT2D eigenvalue weighted by Gasteiger charge is 2.33. The highest BCUT2D eigenvalue weighted by atomic mass is 35.5. The number of hydrogen-bond acceptors (Lipinski definition) is 5. The van der Waals surface area contributed by atoms with Crippen molar-refractivity contribution in [2.45, 2.75) is 31.7 Å². The summed E-state index contributed by atoms with van der Waals surface area (Å²) in [6.45, 7) is 0.705. The van der Waals surface area contributed by atoms with Gasteiger partial charge in [-0.25, -0.2) is 0 Å². The average molecular weight is 412 g/mol. The molecule has 6 nitrogen and oxygen atoms in total. The topological polar surface area (TPSA) is 68.5 Å². The first-order chi connectivity index (χ1) is 14.1. The molecule has 0 spiro atoms. The predicted molar refractivity (Wildman–Crippen MR) is 110 cm³/mol. The Bertz CT molecular complexity index is 1000. The molecule has 4 rings (SSSR count). The fourth-order valence-corrected chi connectivity index (χ4v) is 3.85. The Morgan fingerprint density at radius 1 is 1.28 bits per heavy atom. The van der Waals surface area contributed by atoms with E-state index in [1.807, 2.05) is 41.3 Å². The van der Waals surface area contributed by atoms with Gasteiger partial charge >= 0.3 is 0 Å². The van der Waals surface area contributed by atoms with Crippen LogP contribution in [0.3, 0.4) is 0 Å². The van der Waals surface area contributed by atoms with Crippen LogP contribution in [0.4, 0.5) is 0 Å². The van der Waals surface area contributed by atoms with Crippen molar-refractivity contribution >= 4 is 17.5 Å². The largest absolute Gasteiger partial charge is 0.497 e. The van der Waals surface area contributed by atoms with Gasteiger partial charge in [0.15, 0.2) is 0 Å². The highest BCUT2D eigenvalue weighted by molar-refractivity contribution is 6.30. The monoisotopic (exact) mass is 411 g/mol. The lowest BCUT2D eigenvalue weighted by Gasteiger charge is -2.22. The number of carbonyl (C=O) groups is 1. The minimum absolute atomic E-state index is 0.0952. The average Bonchev–Trinajstić information content (AvgIpc) is 3.41. The molecule has 1 aliphatic heterocycles. The van der Waals surface area contributed by atoms with Gasteiger partial charge in [0.2, 0.25) is 17.6 Å². The van der Waals surface area contributed by atoms with Crippen molar-refractivity contribution in [1.82, 2.24) is 15.0 Å². The van der Waals surface area contributed by atoms with Gasteiger partial charge in [-0.3, -0.25) is 4.79 Å². The maximum absolute atomic E-state index is 12.9. The normalized spacial score (nSPS) is 16.2. The summed E-state index contributed by atoms with van der Waals surface area (Å²) in [6.07, 6.45) is 2.84. The fraction of sp³-hybridized carbons (Fsp3) is 0.318. The lowest BCUT2D eigenvalue weighted by atomic mass is 10.1. The van der Waals surface area contributed by atoms with Gasteiger partial charge in [-0.05, 0) is 49.1 Å². The van der Waals surface area contributed by atoms with Crippen LogP contribution in [0.15, 0.2) is 53.1 Å². The molecule has 29 heavy (non-hydrogen) atoms. The molecule has 0 bridgehead atoms. The van der Waals surface area contributed by atoms with Crippen LogP contribution in [-0.2, 0) is 11.2 Å². The van der Waals surface area contributed by atoms with Crippen LogP contribution in [0.1, 0.15) is 36.8 Å². The molecule has 150 valence electrons.